The van der Waals surface area contributed by atoms with Gasteiger partial charge in [0.1, 0.15) is 17.4 Å². The van der Waals surface area contributed by atoms with Gasteiger partial charge in [-0.15, -0.1) is 0 Å². The number of rotatable bonds is 15. The van der Waals surface area contributed by atoms with Crippen LogP contribution in [0.1, 0.15) is 13.8 Å². The zero-order chi connectivity index (χ0) is 30.0. The molecule has 41 heavy (non-hydrogen) atoms. The summed E-state index contributed by atoms with van der Waals surface area (Å²) in [5, 5.41) is 14.5. The van der Waals surface area contributed by atoms with Crippen LogP contribution in [-0.2, 0) is 14.6 Å². The first-order chi connectivity index (χ1) is 19.6. The molecule has 0 atom stereocenters. The van der Waals surface area contributed by atoms with Crippen LogP contribution in [0.15, 0.2) is 60.1 Å². The third-order valence-electron chi connectivity index (χ3n) is 5.73. The van der Waals surface area contributed by atoms with Crippen molar-refractivity contribution in [2.45, 2.75) is 24.0 Å². The van der Waals surface area contributed by atoms with Crippen LogP contribution in [0.25, 0.3) is 0 Å². The van der Waals surface area contributed by atoms with Crippen LogP contribution in [-0.4, -0.2) is 63.0 Å². The van der Waals surface area contributed by atoms with Crippen molar-refractivity contribution in [2.75, 3.05) is 54.7 Å². The van der Waals surface area contributed by atoms with Crippen molar-refractivity contribution >= 4 is 61.9 Å². The summed E-state index contributed by atoms with van der Waals surface area (Å²) >= 11 is 6.36. The van der Waals surface area contributed by atoms with E-state index in [4.69, 9.17) is 16.3 Å². The number of nitrogens with one attached hydrogen (secondary N) is 5. The molecular weight excluding hydrogens is 573 g/mol. The number of amides is 1. The van der Waals surface area contributed by atoms with Gasteiger partial charge < -0.3 is 31.3 Å². The normalized spacial score (nSPS) is 11.2. The second-order valence-corrected chi connectivity index (χ2v) is 11.8. The van der Waals surface area contributed by atoms with Crippen molar-refractivity contribution in [1.29, 1.82) is 0 Å². The number of benzene rings is 2. The number of hydrogen-bond acceptors (Lipinski definition) is 10. The number of ether oxygens (including phenoxy) is 1. The Kier molecular flexibility index (Phi) is 11.3. The van der Waals surface area contributed by atoms with Gasteiger partial charge in [-0.1, -0.05) is 30.3 Å². The van der Waals surface area contributed by atoms with Gasteiger partial charge in [0.05, 0.1) is 46.2 Å². The molecule has 220 valence electrons. The van der Waals surface area contributed by atoms with E-state index in [2.05, 4.69) is 43.1 Å². The van der Waals surface area contributed by atoms with Crippen LogP contribution in [0.4, 0.5) is 38.9 Å². The minimum absolute atomic E-state index is 0.117. The van der Waals surface area contributed by atoms with Crippen LogP contribution in [0, 0.1) is 0 Å². The summed E-state index contributed by atoms with van der Waals surface area (Å²) in [5.41, 5.74) is 1.72. The average molecular weight is 606 g/mol. The van der Waals surface area contributed by atoms with Gasteiger partial charge in [-0.05, 0) is 38.1 Å². The molecule has 1 aromatic heterocycles. The van der Waals surface area contributed by atoms with E-state index in [0.717, 1.165) is 6.08 Å². The first-order valence-corrected chi connectivity index (χ1v) is 14.6. The summed E-state index contributed by atoms with van der Waals surface area (Å²) in [6, 6.07) is 9.79. The summed E-state index contributed by atoms with van der Waals surface area (Å²) in [4.78, 5) is 20.9. The zero-order valence-corrected chi connectivity index (χ0v) is 24.5. The molecule has 2 aromatic carbocycles. The zero-order valence-electron chi connectivity index (χ0n) is 22.9. The highest BCUT2D eigenvalue weighted by molar-refractivity contribution is 7.92. The predicted molar refractivity (Wildman–Crippen MR) is 162 cm³/mol. The SMILES string of the molecule is C=CC(=O)Nc1cc(Nc2ncc(Cl)c(Nc3ccccc3S(=O)(=O)C(C)C)n2)c(OC)cc1NCCNCCF. The van der Waals surface area contributed by atoms with E-state index in [-0.39, 0.29) is 28.2 Å². The second-order valence-electron chi connectivity index (χ2n) is 8.89. The molecule has 0 aliphatic carbocycles. The molecule has 5 N–H and O–H groups in total. The molecule has 3 aromatic rings. The summed E-state index contributed by atoms with van der Waals surface area (Å²) in [7, 11) is -2.11. The Morgan fingerprint density at radius 2 is 1.85 bits per heavy atom. The van der Waals surface area contributed by atoms with E-state index in [0.29, 0.717) is 41.6 Å². The molecule has 0 radical (unpaired) electrons. The number of carbonyl (C=O) groups excluding carboxylic acids is 1. The molecule has 0 spiro atoms. The molecular formula is C27H33ClFN7O4S. The maximum absolute atomic E-state index is 12.9. The van der Waals surface area contributed by atoms with E-state index in [1.165, 1.54) is 19.4 Å². The van der Waals surface area contributed by atoms with E-state index in [1.807, 2.05) is 0 Å². The molecule has 1 amide bonds. The van der Waals surface area contributed by atoms with Gasteiger partial charge in [0, 0.05) is 25.7 Å². The fourth-order valence-electron chi connectivity index (χ4n) is 3.59. The Morgan fingerprint density at radius 1 is 1.10 bits per heavy atom. The van der Waals surface area contributed by atoms with Gasteiger partial charge >= 0.3 is 0 Å². The lowest BCUT2D eigenvalue weighted by Crippen LogP contribution is -2.24. The van der Waals surface area contributed by atoms with Gasteiger partial charge in [-0.25, -0.2) is 17.8 Å². The standard InChI is InChI=1S/C27H33ClFN7O4S/c1-5-25(37)33-21-14-22(23(40-4)15-20(21)31-13-12-30-11-10-29)35-27-32-16-18(28)26(36-27)34-19-8-6-7-9-24(19)41(38,39)17(2)3/h5-9,14-17,30-31H,1,10-13H2,2-4H3,(H,33,37)(H2,32,34,35,36). The molecule has 0 aliphatic rings. The number of halogens is 2. The van der Waals surface area contributed by atoms with Crippen LogP contribution in [0.2, 0.25) is 5.02 Å². The fraction of sp³-hybridized carbons (Fsp3) is 0.296. The first-order valence-electron chi connectivity index (χ1n) is 12.7. The van der Waals surface area contributed by atoms with Crippen LogP contribution >= 0.6 is 11.6 Å². The predicted octanol–water partition coefficient (Wildman–Crippen LogP) is 4.90. The van der Waals surface area contributed by atoms with Crippen molar-refractivity contribution in [2.24, 2.45) is 0 Å². The van der Waals surface area contributed by atoms with Crippen LogP contribution in [0.5, 0.6) is 5.75 Å². The Hall–Kier alpha value is -3.94. The first kappa shape index (κ1) is 31.6. The molecule has 0 bridgehead atoms. The van der Waals surface area contributed by atoms with Crippen molar-refractivity contribution in [3.8, 4) is 5.75 Å². The molecule has 0 saturated heterocycles. The van der Waals surface area contributed by atoms with Gasteiger partial charge in [-0.3, -0.25) is 4.79 Å². The molecule has 14 heteroatoms. The van der Waals surface area contributed by atoms with Gasteiger partial charge in [0.15, 0.2) is 15.7 Å². The topological polar surface area (TPSA) is 146 Å². The van der Waals surface area contributed by atoms with Crippen molar-refractivity contribution in [1.82, 2.24) is 15.3 Å². The molecule has 0 saturated carbocycles. The fourth-order valence-corrected chi connectivity index (χ4v) is 4.93. The summed E-state index contributed by atoms with van der Waals surface area (Å²) in [5.74, 6) is 0.275. The Labute approximate surface area is 243 Å². The third kappa shape index (κ3) is 8.28. The number of methoxy groups -OCH3 is 1. The molecule has 11 nitrogen and oxygen atoms in total. The van der Waals surface area contributed by atoms with Gasteiger partial charge in [-0.2, -0.15) is 4.98 Å². The number of para-hydroxylation sites is 1. The number of sulfone groups is 1. The maximum Gasteiger partial charge on any atom is 0.247 e. The number of anilines is 6. The number of hydrogen-bond donors (Lipinski definition) is 5. The van der Waals surface area contributed by atoms with E-state index < -0.39 is 27.7 Å². The maximum atomic E-state index is 12.9. The lowest BCUT2D eigenvalue weighted by molar-refractivity contribution is -0.111. The number of alkyl halides is 1. The quantitative estimate of drug-likeness (QED) is 0.120. The molecule has 1 heterocycles. The molecule has 0 aliphatic heterocycles. The number of nitrogens with zero attached hydrogens (tertiary/aromatic N) is 2. The van der Waals surface area contributed by atoms with Crippen molar-refractivity contribution < 1.29 is 22.3 Å². The van der Waals surface area contributed by atoms with Crippen molar-refractivity contribution in [3.05, 3.63) is 60.3 Å². The van der Waals surface area contributed by atoms with Crippen molar-refractivity contribution in [3.63, 3.8) is 0 Å². The number of carbonyl (C=O) groups is 1. The molecule has 0 unspecified atom stereocenters. The second kappa shape index (κ2) is 14.6. The highest BCUT2D eigenvalue weighted by Gasteiger charge is 2.23. The Bertz CT molecular complexity index is 1490. The molecule has 3 rings (SSSR count). The van der Waals surface area contributed by atoms with Gasteiger partial charge in [0.25, 0.3) is 0 Å². The van der Waals surface area contributed by atoms with E-state index in [9.17, 15) is 17.6 Å². The van der Waals surface area contributed by atoms with Crippen LogP contribution < -0.4 is 31.3 Å². The minimum atomic E-state index is -3.59. The average Bonchev–Trinajstić information content (AvgIpc) is 2.95. The summed E-state index contributed by atoms with van der Waals surface area (Å²) in [6.07, 6.45) is 2.51. The van der Waals surface area contributed by atoms with Crippen LogP contribution in [0.3, 0.4) is 0 Å². The molecule has 0 fully saturated rings. The van der Waals surface area contributed by atoms with E-state index in [1.54, 1.807) is 44.2 Å². The lowest BCUT2D eigenvalue weighted by atomic mass is 10.2. The van der Waals surface area contributed by atoms with Gasteiger partial charge in [0.2, 0.25) is 11.9 Å². The highest BCUT2D eigenvalue weighted by Crippen LogP contribution is 2.37. The highest BCUT2D eigenvalue weighted by atomic mass is 35.5. The smallest absolute Gasteiger partial charge is 0.247 e. The number of aromatic nitrogens is 2. The lowest BCUT2D eigenvalue weighted by Gasteiger charge is -2.18. The Balaban J connectivity index is 1.93. The Morgan fingerprint density at radius 3 is 2.54 bits per heavy atom. The third-order valence-corrected chi connectivity index (χ3v) is 8.22. The minimum Gasteiger partial charge on any atom is -0.494 e. The monoisotopic (exact) mass is 605 g/mol. The summed E-state index contributed by atoms with van der Waals surface area (Å²) in [6.45, 7) is 7.43. The largest absolute Gasteiger partial charge is 0.494 e. The summed E-state index contributed by atoms with van der Waals surface area (Å²) < 4.78 is 43.7. The van der Waals surface area contributed by atoms with E-state index >= 15 is 0 Å².